The van der Waals surface area contributed by atoms with Gasteiger partial charge in [-0.15, -0.1) is 0 Å². The smallest absolute Gasteiger partial charge is 0.164 e. The van der Waals surface area contributed by atoms with Crippen molar-refractivity contribution in [2.24, 2.45) is 5.73 Å². The molecular weight excluding hydrogens is 470 g/mol. The summed E-state index contributed by atoms with van der Waals surface area (Å²) in [5.74, 6) is 1.12. The first-order valence-corrected chi connectivity index (χ1v) is 13.2. The molecule has 1 aromatic carbocycles. The molecule has 4 N–H and O–H groups in total. The second-order valence-electron chi connectivity index (χ2n) is 9.12. The number of anilines is 1. The fraction of sp³-hybridized carbons (Fsp3) is 0.258. The fourth-order valence-corrected chi connectivity index (χ4v) is 4.68. The average molecular weight is 508 g/mol. The van der Waals surface area contributed by atoms with Crippen molar-refractivity contribution in [2.45, 2.75) is 39.3 Å². The lowest BCUT2D eigenvalue weighted by Gasteiger charge is -2.30. The molecule has 1 aliphatic rings. The second kappa shape index (κ2) is 12.4. The van der Waals surface area contributed by atoms with Crippen LogP contribution >= 0.6 is 0 Å². The van der Waals surface area contributed by atoms with Crippen LogP contribution in [0.4, 0.5) is 5.82 Å². The monoisotopic (exact) mass is 507 g/mol. The number of likely N-dealkylation sites (tertiary alicyclic amines) is 1. The lowest BCUT2D eigenvalue weighted by molar-refractivity contribution is 0.205. The molecule has 0 saturated carbocycles. The van der Waals surface area contributed by atoms with Crippen molar-refractivity contribution in [3.8, 4) is 17.1 Å². The highest BCUT2D eigenvalue weighted by Crippen LogP contribution is 2.31. The number of hydrogen-bond donors (Lipinski definition) is 2. The number of imidazole rings is 1. The van der Waals surface area contributed by atoms with Gasteiger partial charge in [-0.05, 0) is 67.4 Å². The summed E-state index contributed by atoms with van der Waals surface area (Å²) in [6.45, 7) is 14.7. The zero-order valence-electron chi connectivity index (χ0n) is 22.3. The molecule has 1 aliphatic heterocycles. The quantitative estimate of drug-likeness (QED) is 0.308. The van der Waals surface area contributed by atoms with Gasteiger partial charge in [0.15, 0.2) is 11.5 Å². The van der Waals surface area contributed by atoms with E-state index in [1.165, 1.54) is 5.56 Å². The average Bonchev–Trinajstić information content (AvgIpc) is 3.33. The predicted molar refractivity (Wildman–Crippen MR) is 159 cm³/mol. The third-order valence-electron chi connectivity index (χ3n) is 6.66. The van der Waals surface area contributed by atoms with E-state index in [1.54, 1.807) is 18.3 Å². The van der Waals surface area contributed by atoms with Gasteiger partial charge in [-0.3, -0.25) is 9.47 Å². The Morgan fingerprint density at radius 2 is 1.82 bits per heavy atom. The van der Waals surface area contributed by atoms with E-state index in [-0.39, 0.29) is 0 Å². The Kier molecular flexibility index (Phi) is 8.84. The highest BCUT2D eigenvalue weighted by molar-refractivity contribution is 5.86. The maximum atomic E-state index is 6.27. The van der Waals surface area contributed by atoms with Gasteiger partial charge in [0.1, 0.15) is 11.3 Å². The maximum absolute atomic E-state index is 6.27. The lowest BCUT2D eigenvalue weighted by atomic mass is 10.1. The minimum Gasteiger partial charge on any atom is -0.383 e. The summed E-state index contributed by atoms with van der Waals surface area (Å²) in [6.07, 6.45) is 11.1. The largest absolute Gasteiger partial charge is 0.383 e. The van der Waals surface area contributed by atoms with Crippen molar-refractivity contribution in [3.63, 3.8) is 0 Å². The molecule has 4 heterocycles. The molecule has 0 bridgehead atoms. The Hall–Kier alpha value is -4.07. The molecule has 196 valence electrons. The van der Waals surface area contributed by atoms with E-state index < -0.39 is 0 Å². The number of aromatic nitrogens is 4. The minimum absolute atomic E-state index is 0.333. The molecular formula is C31H37N7. The van der Waals surface area contributed by atoms with Crippen molar-refractivity contribution < 1.29 is 0 Å². The molecule has 38 heavy (non-hydrogen) atoms. The van der Waals surface area contributed by atoms with Gasteiger partial charge in [0.2, 0.25) is 0 Å². The Balaban J connectivity index is 0.00000164. The summed E-state index contributed by atoms with van der Waals surface area (Å²) >= 11 is 0. The molecule has 5 rings (SSSR count). The van der Waals surface area contributed by atoms with Gasteiger partial charge in [0.25, 0.3) is 0 Å². The first kappa shape index (κ1) is 27.0. The Labute approximate surface area is 225 Å². The van der Waals surface area contributed by atoms with Crippen LogP contribution in [0.1, 0.15) is 37.8 Å². The summed E-state index contributed by atoms with van der Waals surface area (Å²) < 4.78 is 2.04. The molecule has 0 spiro atoms. The van der Waals surface area contributed by atoms with Crippen molar-refractivity contribution in [1.29, 1.82) is 0 Å². The summed E-state index contributed by atoms with van der Waals surface area (Å²) in [5.41, 5.74) is 18.7. The van der Waals surface area contributed by atoms with E-state index in [1.807, 2.05) is 48.9 Å². The number of piperidine rings is 1. The third kappa shape index (κ3) is 5.74. The van der Waals surface area contributed by atoms with E-state index in [2.05, 4.69) is 47.3 Å². The molecule has 0 unspecified atom stereocenters. The van der Waals surface area contributed by atoms with Crippen molar-refractivity contribution in [3.05, 3.63) is 97.4 Å². The van der Waals surface area contributed by atoms with Gasteiger partial charge in [0.05, 0.1) is 5.56 Å². The van der Waals surface area contributed by atoms with Gasteiger partial charge >= 0.3 is 0 Å². The van der Waals surface area contributed by atoms with Gasteiger partial charge < -0.3 is 11.5 Å². The van der Waals surface area contributed by atoms with Crippen LogP contribution in [0, 0.1) is 0 Å². The number of nitrogens with two attached hydrogens (primary N) is 2. The fourth-order valence-electron chi connectivity index (χ4n) is 4.68. The molecule has 0 aliphatic carbocycles. The van der Waals surface area contributed by atoms with Crippen LogP contribution < -0.4 is 11.5 Å². The van der Waals surface area contributed by atoms with Crippen LogP contribution in [-0.2, 0) is 6.54 Å². The SMILES string of the molecule is C=C/C=C(\C=C)c1cnc2c(c1)nc(-c1cccnc1N)n2-c1ccc(CN2CCC(N)CC2)cc1.CC. The number of allylic oxidation sites excluding steroid dienone is 4. The molecule has 4 aromatic rings. The van der Waals surface area contributed by atoms with Crippen molar-refractivity contribution in [2.75, 3.05) is 18.8 Å². The molecule has 0 amide bonds. The Morgan fingerprint density at radius 1 is 1.08 bits per heavy atom. The van der Waals surface area contributed by atoms with Crippen LogP contribution in [0.15, 0.2) is 86.2 Å². The van der Waals surface area contributed by atoms with Crippen LogP contribution in [0.3, 0.4) is 0 Å². The molecule has 0 atom stereocenters. The van der Waals surface area contributed by atoms with E-state index >= 15 is 0 Å². The zero-order valence-corrected chi connectivity index (χ0v) is 22.3. The molecule has 0 radical (unpaired) electrons. The number of rotatable bonds is 7. The lowest BCUT2D eigenvalue weighted by Crippen LogP contribution is -2.39. The summed E-state index contributed by atoms with van der Waals surface area (Å²) in [4.78, 5) is 16.5. The van der Waals surface area contributed by atoms with Crippen LogP contribution in [0.25, 0.3) is 33.8 Å². The number of fused-ring (bicyclic) bond motifs is 1. The van der Waals surface area contributed by atoms with Gasteiger partial charge in [-0.2, -0.15) is 0 Å². The highest BCUT2D eigenvalue weighted by Gasteiger charge is 2.19. The van der Waals surface area contributed by atoms with E-state index in [4.69, 9.17) is 21.4 Å². The van der Waals surface area contributed by atoms with Crippen molar-refractivity contribution >= 4 is 22.6 Å². The van der Waals surface area contributed by atoms with Gasteiger partial charge in [-0.1, -0.05) is 57.4 Å². The summed E-state index contributed by atoms with van der Waals surface area (Å²) in [5, 5.41) is 0. The van der Waals surface area contributed by atoms with E-state index in [9.17, 15) is 0 Å². The van der Waals surface area contributed by atoms with Gasteiger partial charge in [-0.25, -0.2) is 15.0 Å². The van der Waals surface area contributed by atoms with Crippen LogP contribution in [0.5, 0.6) is 0 Å². The number of benzene rings is 1. The third-order valence-corrected chi connectivity index (χ3v) is 6.66. The molecule has 1 saturated heterocycles. The molecule has 3 aromatic heterocycles. The molecule has 7 nitrogen and oxygen atoms in total. The summed E-state index contributed by atoms with van der Waals surface area (Å²) in [7, 11) is 0. The van der Waals surface area contributed by atoms with E-state index in [0.29, 0.717) is 17.7 Å². The van der Waals surface area contributed by atoms with Crippen LogP contribution in [-0.4, -0.2) is 43.6 Å². The normalized spacial score (nSPS) is 14.7. The summed E-state index contributed by atoms with van der Waals surface area (Å²) in [6, 6.07) is 14.7. The van der Waals surface area contributed by atoms with Gasteiger partial charge in [0, 0.05) is 36.2 Å². The Bertz CT molecular complexity index is 1420. The van der Waals surface area contributed by atoms with Crippen LogP contribution in [0.2, 0.25) is 0 Å². The second-order valence-corrected chi connectivity index (χ2v) is 9.12. The number of pyridine rings is 2. The maximum Gasteiger partial charge on any atom is 0.164 e. The molecule has 1 fully saturated rings. The number of nitrogen functional groups attached to an aromatic ring is 1. The first-order chi connectivity index (χ1) is 18.6. The Morgan fingerprint density at radius 3 is 2.47 bits per heavy atom. The first-order valence-electron chi connectivity index (χ1n) is 13.2. The van der Waals surface area contributed by atoms with E-state index in [0.717, 1.165) is 66.0 Å². The standard InChI is InChI=1S/C29H31N7.C2H6/c1-3-6-21(4-2)22-17-26-29(33-18-22)36(28(34-26)25-7-5-14-32-27(25)31)24-10-8-20(9-11-24)19-35-15-12-23(30)13-16-35;1-2/h3-11,14,17-18,23H,1-2,12-13,15-16,19,30H2,(H2,31,32);1-2H3/b21-6+;. The number of nitrogens with zero attached hydrogens (tertiary/aromatic N) is 5. The topological polar surface area (TPSA) is 98.9 Å². The minimum atomic E-state index is 0.333. The van der Waals surface area contributed by atoms with Crippen molar-refractivity contribution in [1.82, 2.24) is 24.4 Å². The zero-order chi connectivity index (χ0) is 27.1. The molecule has 7 heteroatoms. The highest BCUT2D eigenvalue weighted by atomic mass is 15.1. The number of hydrogen-bond acceptors (Lipinski definition) is 6. The predicted octanol–water partition coefficient (Wildman–Crippen LogP) is 5.77.